The average Bonchev–Trinajstić information content (AvgIpc) is 2.42. The van der Waals surface area contributed by atoms with Crippen molar-refractivity contribution in [1.29, 1.82) is 0 Å². The molecule has 0 saturated heterocycles. The number of ether oxygens (including phenoxy) is 1. The molecular formula is C14H16F3N3O. The second-order valence-electron chi connectivity index (χ2n) is 5.05. The average molecular weight is 299 g/mol. The number of fused-ring (bicyclic) bond motifs is 1. The molecule has 0 amide bonds. The maximum Gasteiger partial charge on any atom is 0.451 e. The van der Waals surface area contributed by atoms with E-state index in [9.17, 15) is 13.2 Å². The molecule has 0 radical (unpaired) electrons. The summed E-state index contributed by atoms with van der Waals surface area (Å²) in [4.78, 5) is 7.20. The third kappa shape index (κ3) is 3.53. The topological polar surface area (TPSA) is 47.0 Å². The largest absolute Gasteiger partial charge is 0.497 e. The molecular weight excluding hydrogens is 283 g/mol. The zero-order chi connectivity index (χ0) is 15.6. The number of aromatic nitrogens is 2. The Morgan fingerprint density at radius 3 is 2.52 bits per heavy atom. The Balaban J connectivity index is 2.57. The van der Waals surface area contributed by atoms with Crippen molar-refractivity contribution in [2.45, 2.75) is 20.0 Å². The minimum absolute atomic E-state index is 0.184. The van der Waals surface area contributed by atoms with Gasteiger partial charge in [0.1, 0.15) is 11.6 Å². The van der Waals surface area contributed by atoms with Gasteiger partial charge in [-0.25, -0.2) is 9.97 Å². The molecule has 0 aliphatic rings. The Bertz CT molecular complexity index is 641. The van der Waals surface area contributed by atoms with Crippen LogP contribution in [0.1, 0.15) is 19.7 Å². The predicted octanol–water partition coefficient (Wildman–Crippen LogP) is 3.73. The SMILES string of the molecule is COc1ccc2c(NCC(C)C)nc(C(F)(F)F)nc2c1. The zero-order valence-corrected chi connectivity index (χ0v) is 12.0. The zero-order valence-electron chi connectivity index (χ0n) is 12.0. The Hall–Kier alpha value is -2.05. The Morgan fingerprint density at radius 2 is 1.95 bits per heavy atom. The van der Waals surface area contributed by atoms with Crippen molar-refractivity contribution in [3.05, 3.63) is 24.0 Å². The highest BCUT2D eigenvalue weighted by Crippen LogP contribution is 2.31. The number of methoxy groups -OCH3 is 1. The molecule has 21 heavy (non-hydrogen) atoms. The first kappa shape index (κ1) is 15.3. The van der Waals surface area contributed by atoms with Gasteiger partial charge >= 0.3 is 6.18 Å². The van der Waals surface area contributed by atoms with E-state index in [1.54, 1.807) is 12.1 Å². The molecule has 2 aromatic rings. The highest BCUT2D eigenvalue weighted by atomic mass is 19.4. The van der Waals surface area contributed by atoms with Crippen LogP contribution in [0.15, 0.2) is 18.2 Å². The number of benzene rings is 1. The number of nitrogens with zero attached hydrogens (tertiary/aromatic N) is 2. The summed E-state index contributed by atoms with van der Waals surface area (Å²) in [5, 5.41) is 3.48. The van der Waals surface area contributed by atoms with Crippen LogP contribution >= 0.6 is 0 Å². The van der Waals surface area contributed by atoms with Crippen LogP contribution in [0, 0.1) is 5.92 Å². The molecule has 0 bridgehead atoms. The van der Waals surface area contributed by atoms with Crippen LogP contribution in [-0.2, 0) is 6.18 Å². The second kappa shape index (κ2) is 5.75. The van der Waals surface area contributed by atoms with Crippen molar-refractivity contribution in [1.82, 2.24) is 9.97 Å². The molecule has 114 valence electrons. The summed E-state index contributed by atoms with van der Waals surface area (Å²) < 4.78 is 43.7. The fourth-order valence-corrected chi connectivity index (χ4v) is 1.80. The molecule has 1 aromatic heterocycles. The molecule has 0 fully saturated rings. The van der Waals surface area contributed by atoms with Crippen LogP contribution in [-0.4, -0.2) is 23.6 Å². The van der Waals surface area contributed by atoms with Crippen LogP contribution < -0.4 is 10.1 Å². The van der Waals surface area contributed by atoms with Gasteiger partial charge in [0, 0.05) is 18.0 Å². The van der Waals surface area contributed by atoms with Gasteiger partial charge < -0.3 is 10.1 Å². The normalized spacial score (nSPS) is 12.0. The summed E-state index contributed by atoms with van der Waals surface area (Å²) in [5.74, 6) is -0.245. The van der Waals surface area contributed by atoms with E-state index >= 15 is 0 Å². The number of rotatable bonds is 4. The molecule has 1 heterocycles. The van der Waals surface area contributed by atoms with Gasteiger partial charge in [0.25, 0.3) is 0 Å². The first-order valence-electron chi connectivity index (χ1n) is 6.48. The minimum Gasteiger partial charge on any atom is -0.497 e. The van der Waals surface area contributed by atoms with Gasteiger partial charge in [-0.3, -0.25) is 0 Å². The lowest BCUT2D eigenvalue weighted by Gasteiger charge is -2.14. The maximum atomic E-state index is 12.9. The lowest BCUT2D eigenvalue weighted by atomic mass is 10.2. The third-order valence-corrected chi connectivity index (χ3v) is 2.84. The van der Waals surface area contributed by atoms with Crippen LogP contribution in [0.2, 0.25) is 0 Å². The minimum atomic E-state index is -4.59. The van der Waals surface area contributed by atoms with E-state index in [0.29, 0.717) is 17.7 Å². The molecule has 0 unspecified atom stereocenters. The van der Waals surface area contributed by atoms with E-state index in [-0.39, 0.29) is 17.3 Å². The summed E-state index contributed by atoms with van der Waals surface area (Å²) in [7, 11) is 1.45. The van der Waals surface area contributed by atoms with Gasteiger partial charge in [0.05, 0.1) is 12.6 Å². The molecule has 1 aromatic carbocycles. The molecule has 0 saturated carbocycles. The fourth-order valence-electron chi connectivity index (χ4n) is 1.80. The predicted molar refractivity (Wildman–Crippen MR) is 74.4 cm³/mol. The number of alkyl halides is 3. The van der Waals surface area contributed by atoms with Crippen LogP contribution in [0.4, 0.5) is 19.0 Å². The Kier molecular flexibility index (Phi) is 4.20. The van der Waals surface area contributed by atoms with Gasteiger partial charge in [0.2, 0.25) is 5.82 Å². The van der Waals surface area contributed by atoms with Crippen LogP contribution in [0.5, 0.6) is 5.75 Å². The van der Waals surface area contributed by atoms with E-state index in [2.05, 4.69) is 15.3 Å². The molecule has 2 rings (SSSR count). The summed E-state index contributed by atoms with van der Waals surface area (Å²) >= 11 is 0. The monoisotopic (exact) mass is 299 g/mol. The van der Waals surface area contributed by atoms with E-state index < -0.39 is 12.0 Å². The smallest absolute Gasteiger partial charge is 0.451 e. The van der Waals surface area contributed by atoms with E-state index in [1.165, 1.54) is 13.2 Å². The van der Waals surface area contributed by atoms with Crippen molar-refractivity contribution in [3.63, 3.8) is 0 Å². The quantitative estimate of drug-likeness (QED) is 0.934. The van der Waals surface area contributed by atoms with Gasteiger partial charge in [-0.1, -0.05) is 13.8 Å². The number of hydrogen-bond donors (Lipinski definition) is 1. The first-order chi connectivity index (χ1) is 9.81. The van der Waals surface area contributed by atoms with Crippen LogP contribution in [0.3, 0.4) is 0 Å². The van der Waals surface area contributed by atoms with Gasteiger partial charge in [0.15, 0.2) is 0 Å². The maximum absolute atomic E-state index is 12.9. The van der Waals surface area contributed by atoms with Gasteiger partial charge in [-0.05, 0) is 18.1 Å². The number of halogens is 3. The standard InChI is InChI=1S/C14H16F3N3O/c1-8(2)7-18-12-10-5-4-9(21-3)6-11(10)19-13(20-12)14(15,16)17/h4-6,8H,7H2,1-3H3,(H,18,19,20). The van der Waals surface area contributed by atoms with Crippen molar-refractivity contribution < 1.29 is 17.9 Å². The molecule has 1 N–H and O–H groups in total. The number of hydrogen-bond acceptors (Lipinski definition) is 4. The lowest BCUT2D eigenvalue weighted by Crippen LogP contribution is -2.15. The first-order valence-corrected chi connectivity index (χ1v) is 6.48. The number of nitrogens with one attached hydrogen (secondary N) is 1. The molecule has 7 heteroatoms. The Labute approximate surface area is 120 Å². The van der Waals surface area contributed by atoms with Gasteiger partial charge in [-0.2, -0.15) is 13.2 Å². The molecule has 0 aliphatic carbocycles. The van der Waals surface area contributed by atoms with Crippen molar-refractivity contribution >= 4 is 16.7 Å². The highest BCUT2D eigenvalue weighted by molar-refractivity contribution is 5.90. The lowest BCUT2D eigenvalue weighted by molar-refractivity contribution is -0.144. The summed E-state index contributed by atoms with van der Waals surface area (Å²) in [6, 6.07) is 4.78. The number of anilines is 1. The molecule has 0 atom stereocenters. The second-order valence-corrected chi connectivity index (χ2v) is 5.05. The van der Waals surface area contributed by atoms with E-state index in [4.69, 9.17) is 4.74 Å². The summed E-state index contributed by atoms with van der Waals surface area (Å²) in [6.45, 7) is 4.45. The summed E-state index contributed by atoms with van der Waals surface area (Å²) in [5.41, 5.74) is 0.197. The fraction of sp³-hybridized carbons (Fsp3) is 0.429. The summed E-state index contributed by atoms with van der Waals surface area (Å²) in [6.07, 6.45) is -4.59. The van der Waals surface area contributed by atoms with E-state index in [0.717, 1.165) is 0 Å². The van der Waals surface area contributed by atoms with Crippen molar-refractivity contribution in [2.75, 3.05) is 19.0 Å². The Morgan fingerprint density at radius 1 is 1.24 bits per heavy atom. The van der Waals surface area contributed by atoms with Crippen molar-refractivity contribution in [2.24, 2.45) is 5.92 Å². The highest BCUT2D eigenvalue weighted by Gasteiger charge is 2.35. The molecule has 0 spiro atoms. The van der Waals surface area contributed by atoms with E-state index in [1.807, 2.05) is 13.8 Å². The third-order valence-electron chi connectivity index (χ3n) is 2.84. The molecule has 0 aliphatic heterocycles. The van der Waals surface area contributed by atoms with Crippen LogP contribution in [0.25, 0.3) is 10.9 Å². The van der Waals surface area contributed by atoms with Crippen molar-refractivity contribution in [3.8, 4) is 5.75 Å². The van der Waals surface area contributed by atoms with Gasteiger partial charge in [-0.15, -0.1) is 0 Å². The molecule has 4 nitrogen and oxygen atoms in total.